The van der Waals surface area contributed by atoms with Crippen LogP contribution in [0, 0.1) is 0 Å². The quantitative estimate of drug-likeness (QED) is 0.736. The van der Waals surface area contributed by atoms with Crippen molar-refractivity contribution in [1.29, 1.82) is 0 Å². The molecule has 1 aliphatic heterocycles. The third-order valence-corrected chi connectivity index (χ3v) is 3.31. The van der Waals surface area contributed by atoms with Crippen molar-refractivity contribution in [2.24, 2.45) is 5.73 Å². The van der Waals surface area contributed by atoms with Crippen LogP contribution in [0.5, 0.6) is 0 Å². The number of piperidine rings is 1. The van der Waals surface area contributed by atoms with E-state index >= 15 is 0 Å². The lowest BCUT2D eigenvalue weighted by Crippen LogP contribution is -2.40. The van der Waals surface area contributed by atoms with E-state index in [0.29, 0.717) is 12.1 Å². The first kappa shape index (κ1) is 9.12. The summed E-state index contributed by atoms with van der Waals surface area (Å²) in [5.41, 5.74) is 9.02. The highest BCUT2D eigenvalue weighted by atomic mass is 32.1. The van der Waals surface area contributed by atoms with Crippen LogP contribution in [0.3, 0.4) is 0 Å². The fourth-order valence-electron chi connectivity index (χ4n) is 1.84. The smallest absolute Gasteiger partial charge is 0.0795 e. The van der Waals surface area contributed by atoms with Gasteiger partial charge in [0.25, 0.3) is 0 Å². The number of rotatable bonds is 1. The Hall–Kier alpha value is -0.450. The first-order valence-electron chi connectivity index (χ1n) is 4.61. The van der Waals surface area contributed by atoms with Crippen LogP contribution in [-0.2, 0) is 0 Å². The van der Waals surface area contributed by atoms with Crippen LogP contribution in [0.15, 0.2) is 10.9 Å². The van der Waals surface area contributed by atoms with Gasteiger partial charge in [-0.2, -0.15) is 0 Å². The maximum atomic E-state index is 5.94. The summed E-state index contributed by atoms with van der Waals surface area (Å²) in [5, 5.41) is 2.12. The fourth-order valence-corrected chi connectivity index (χ4v) is 2.44. The van der Waals surface area contributed by atoms with E-state index < -0.39 is 0 Å². The molecule has 2 rings (SSSR count). The van der Waals surface area contributed by atoms with Crippen molar-refractivity contribution in [2.75, 3.05) is 13.6 Å². The zero-order valence-electron chi connectivity index (χ0n) is 7.81. The minimum atomic E-state index is 0.350. The highest BCUT2D eigenvalue weighted by molar-refractivity contribution is 7.07. The van der Waals surface area contributed by atoms with Gasteiger partial charge in [-0.15, -0.1) is 11.3 Å². The molecule has 72 valence electrons. The molecule has 3 nitrogen and oxygen atoms in total. The van der Waals surface area contributed by atoms with Gasteiger partial charge in [0.15, 0.2) is 0 Å². The number of hydrogen-bond acceptors (Lipinski definition) is 4. The molecule has 2 atom stereocenters. The Morgan fingerprint density at radius 3 is 3.23 bits per heavy atom. The van der Waals surface area contributed by atoms with Gasteiger partial charge < -0.3 is 5.73 Å². The SMILES string of the molecule is CN1CCC(N)CC1c1cscn1. The molecule has 0 saturated carbocycles. The highest BCUT2D eigenvalue weighted by Crippen LogP contribution is 2.28. The molecule has 2 N–H and O–H groups in total. The van der Waals surface area contributed by atoms with Crippen LogP contribution in [0.25, 0.3) is 0 Å². The molecule has 2 unspecified atom stereocenters. The van der Waals surface area contributed by atoms with Crippen molar-refractivity contribution >= 4 is 11.3 Å². The Bertz CT molecular complexity index is 260. The van der Waals surface area contributed by atoms with Crippen molar-refractivity contribution in [3.8, 4) is 0 Å². The molecule has 0 radical (unpaired) electrons. The molecule has 0 bridgehead atoms. The normalized spacial score (nSPS) is 30.6. The van der Waals surface area contributed by atoms with Crippen LogP contribution >= 0.6 is 11.3 Å². The summed E-state index contributed by atoms with van der Waals surface area (Å²) in [6, 6.07) is 0.790. The molecule has 0 spiro atoms. The van der Waals surface area contributed by atoms with Gasteiger partial charge in [-0.25, -0.2) is 4.98 Å². The minimum Gasteiger partial charge on any atom is -0.328 e. The van der Waals surface area contributed by atoms with E-state index in [1.54, 1.807) is 11.3 Å². The first-order chi connectivity index (χ1) is 6.27. The van der Waals surface area contributed by atoms with Gasteiger partial charge in [-0.05, 0) is 26.4 Å². The number of nitrogens with two attached hydrogens (primary N) is 1. The zero-order chi connectivity index (χ0) is 9.26. The highest BCUT2D eigenvalue weighted by Gasteiger charge is 2.26. The molecule has 1 aromatic heterocycles. The van der Waals surface area contributed by atoms with Gasteiger partial charge in [0.1, 0.15) is 0 Å². The molecule has 13 heavy (non-hydrogen) atoms. The Balaban J connectivity index is 2.12. The molecule has 0 aromatic carbocycles. The number of nitrogens with zero attached hydrogens (tertiary/aromatic N) is 2. The van der Waals surface area contributed by atoms with Gasteiger partial charge >= 0.3 is 0 Å². The van der Waals surface area contributed by atoms with E-state index in [2.05, 4.69) is 22.3 Å². The second kappa shape index (κ2) is 3.74. The average Bonchev–Trinajstić information content (AvgIpc) is 2.61. The van der Waals surface area contributed by atoms with Crippen LogP contribution < -0.4 is 5.73 Å². The molecule has 0 amide bonds. The maximum Gasteiger partial charge on any atom is 0.0795 e. The molecule has 1 saturated heterocycles. The second-order valence-electron chi connectivity index (χ2n) is 3.69. The molecular formula is C9H15N3S. The summed E-state index contributed by atoms with van der Waals surface area (Å²) in [6.07, 6.45) is 2.15. The summed E-state index contributed by atoms with van der Waals surface area (Å²) in [7, 11) is 2.15. The standard InChI is InChI=1S/C9H15N3S/c1-12-3-2-7(10)4-9(12)8-5-13-6-11-8/h5-7,9H,2-4,10H2,1H3. The van der Waals surface area contributed by atoms with Gasteiger partial charge in [0.2, 0.25) is 0 Å². The van der Waals surface area contributed by atoms with Crippen LogP contribution in [0.2, 0.25) is 0 Å². The van der Waals surface area contributed by atoms with Gasteiger partial charge in [0.05, 0.1) is 17.2 Å². The van der Waals surface area contributed by atoms with Crippen LogP contribution in [0.4, 0.5) is 0 Å². The second-order valence-corrected chi connectivity index (χ2v) is 4.41. The van der Waals surface area contributed by atoms with Gasteiger partial charge in [0, 0.05) is 11.4 Å². The lowest BCUT2D eigenvalue weighted by atomic mass is 9.97. The summed E-state index contributed by atoms with van der Waals surface area (Å²) in [5.74, 6) is 0. The topological polar surface area (TPSA) is 42.1 Å². The van der Waals surface area contributed by atoms with E-state index in [9.17, 15) is 0 Å². The third kappa shape index (κ3) is 1.90. The summed E-state index contributed by atoms with van der Waals surface area (Å²) >= 11 is 1.66. The molecule has 2 heterocycles. The van der Waals surface area contributed by atoms with Crippen molar-refractivity contribution in [3.63, 3.8) is 0 Å². The summed E-state index contributed by atoms with van der Waals surface area (Å²) in [6.45, 7) is 1.09. The Morgan fingerprint density at radius 1 is 1.69 bits per heavy atom. The van der Waals surface area contributed by atoms with Crippen molar-refractivity contribution < 1.29 is 0 Å². The third-order valence-electron chi connectivity index (χ3n) is 2.70. The monoisotopic (exact) mass is 197 g/mol. The molecule has 4 heteroatoms. The van der Waals surface area contributed by atoms with Crippen LogP contribution in [-0.4, -0.2) is 29.5 Å². The number of likely N-dealkylation sites (tertiary alicyclic amines) is 1. The van der Waals surface area contributed by atoms with Crippen LogP contribution in [0.1, 0.15) is 24.6 Å². The molecule has 1 aromatic rings. The first-order valence-corrected chi connectivity index (χ1v) is 5.55. The molecule has 1 fully saturated rings. The van der Waals surface area contributed by atoms with Gasteiger partial charge in [-0.1, -0.05) is 0 Å². The van der Waals surface area contributed by atoms with Crippen molar-refractivity contribution in [1.82, 2.24) is 9.88 Å². The predicted octanol–water partition coefficient (Wildman–Crippen LogP) is 1.24. The van der Waals surface area contributed by atoms with Crippen molar-refractivity contribution in [2.45, 2.75) is 24.9 Å². The molecule has 0 aliphatic carbocycles. The summed E-state index contributed by atoms with van der Waals surface area (Å²) < 4.78 is 0. The zero-order valence-corrected chi connectivity index (χ0v) is 8.63. The van der Waals surface area contributed by atoms with E-state index in [1.807, 2.05) is 5.51 Å². The summed E-state index contributed by atoms with van der Waals surface area (Å²) in [4.78, 5) is 6.69. The molecule has 1 aliphatic rings. The lowest BCUT2D eigenvalue weighted by molar-refractivity contribution is 0.168. The predicted molar refractivity (Wildman–Crippen MR) is 54.7 cm³/mol. The number of aromatic nitrogens is 1. The minimum absolute atomic E-state index is 0.350. The van der Waals surface area contributed by atoms with E-state index in [-0.39, 0.29) is 0 Å². The lowest BCUT2D eigenvalue weighted by Gasteiger charge is -2.34. The molecular weight excluding hydrogens is 182 g/mol. The number of thiazole rings is 1. The van der Waals surface area contributed by atoms with E-state index in [1.165, 1.54) is 5.69 Å². The van der Waals surface area contributed by atoms with Gasteiger partial charge in [-0.3, -0.25) is 4.90 Å². The van der Waals surface area contributed by atoms with E-state index in [4.69, 9.17) is 5.73 Å². The average molecular weight is 197 g/mol. The number of hydrogen-bond donors (Lipinski definition) is 1. The Morgan fingerprint density at radius 2 is 2.54 bits per heavy atom. The van der Waals surface area contributed by atoms with E-state index in [0.717, 1.165) is 19.4 Å². The largest absolute Gasteiger partial charge is 0.328 e. The van der Waals surface area contributed by atoms with Crippen molar-refractivity contribution in [3.05, 3.63) is 16.6 Å². The Labute approximate surface area is 82.6 Å². The maximum absolute atomic E-state index is 5.94. The Kier molecular flexibility index (Phi) is 2.62. The fraction of sp³-hybridized carbons (Fsp3) is 0.667.